The molecule has 0 radical (unpaired) electrons. The second kappa shape index (κ2) is 5.73. The van der Waals surface area contributed by atoms with Gasteiger partial charge >= 0.3 is 5.97 Å². The Balaban J connectivity index is 1.85. The third-order valence-corrected chi connectivity index (χ3v) is 5.44. The maximum absolute atomic E-state index is 12.8. The number of carbonyl (C=O) groups is 1. The van der Waals surface area contributed by atoms with Gasteiger partial charge in [-0.2, -0.15) is 0 Å². The van der Waals surface area contributed by atoms with E-state index in [-0.39, 0.29) is 17.8 Å². The Morgan fingerprint density at radius 3 is 2.76 bits per heavy atom. The van der Waals surface area contributed by atoms with Crippen molar-refractivity contribution in [2.24, 2.45) is 10.9 Å². The molecule has 0 N–H and O–H groups in total. The van der Waals surface area contributed by atoms with Gasteiger partial charge in [-0.25, -0.2) is 0 Å². The molecule has 2 aromatic carbocycles. The smallest absolute Gasteiger partial charge is 0.310 e. The molecule has 1 heterocycles. The molecule has 3 unspecified atom stereocenters. The summed E-state index contributed by atoms with van der Waals surface area (Å²) in [4.78, 5) is 17.5. The quantitative estimate of drug-likeness (QED) is 0.793. The SMILES string of the molecule is CCOC(=O)C1C(c2cccc(OC)c2)C12C(C)=Nc1ccccc12. The van der Waals surface area contributed by atoms with Gasteiger partial charge in [-0.3, -0.25) is 9.79 Å². The molecule has 25 heavy (non-hydrogen) atoms. The molecule has 0 bridgehead atoms. The van der Waals surface area contributed by atoms with Crippen LogP contribution < -0.4 is 4.74 Å². The van der Waals surface area contributed by atoms with Gasteiger partial charge in [0.05, 0.1) is 30.7 Å². The van der Waals surface area contributed by atoms with Crippen LogP contribution in [0.4, 0.5) is 5.69 Å². The van der Waals surface area contributed by atoms with E-state index in [1.165, 1.54) is 0 Å². The van der Waals surface area contributed by atoms with E-state index in [0.29, 0.717) is 6.61 Å². The lowest BCUT2D eigenvalue weighted by molar-refractivity contribution is -0.145. The monoisotopic (exact) mass is 335 g/mol. The highest BCUT2D eigenvalue weighted by atomic mass is 16.5. The molecule has 128 valence electrons. The molecule has 0 amide bonds. The van der Waals surface area contributed by atoms with E-state index in [4.69, 9.17) is 14.5 Å². The summed E-state index contributed by atoms with van der Waals surface area (Å²) in [5.41, 5.74) is 3.76. The zero-order valence-electron chi connectivity index (χ0n) is 14.7. The zero-order valence-corrected chi connectivity index (χ0v) is 14.7. The van der Waals surface area contributed by atoms with Gasteiger partial charge < -0.3 is 9.47 Å². The van der Waals surface area contributed by atoms with E-state index in [2.05, 4.69) is 12.1 Å². The maximum atomic E-state index is 12.8. The van der Waals surface area contributed by atoms with Gasteiger partial charge in [0.25, 0.3) is 0 Å². The number of methoxy groups -OCH3 is 1. The van der Waals surface area contributed by atoms with Crippen molar-refractivity contribution in [2.45, 2.75) is 25.2 Å². The first kappa shape index (κ1) is 15.9. The average Bonchev–Trinajstić information content (AvgIpc) is 3.25. The molecule has 2 aliphatic rings. The van der Waals surface area contributed by atoms with Crippen molar-refractivity contribution in [3.63, 3.8) is 0 Å². The van der Waals surface area contributed by atoms with Crippen molar-refractivity contribution in [3.8, 4) is 5.75 Å². The van der Waals surface area contributed by atoms with Crippen molar-refractivity contribution >= 4 is 17.4 Å². The summed E-state index contributed by atoms with van der Waals surface area (Å²) in [7, 11) is 1.65. The summed E-state index contributed by atoms with van der Waals surface area (Å²) in [5.74, 6) is 0.422. The molecular weight excluding hydrogens is 314 g/mol. The van der Waals surface area contributed by atoms with E-state index < -0.39 is 5.41 Å². The molecule has 0 saturated heterocycles. The van der Waals surface area contributed by atoms with Gasteiger partial charge in [0, 0.05) is 11.6 Å². The number of rotatable bonds is 4. The molecule has 4 nitrogen and oxygen atoms in total. The maximum Gasteiger partial charge on any atom is 0.310 e. The third kappa shape index (κ3) is 2.13. The Bertz CT molecular complexity index is 873. The number of carbonyl (C=O) groups excluding carboxylic acids is 1. The van der Waals surface area contributed by atoms with Gasteiger partial charge in [0.1, 0.15) is 5.75 Å². The highest BCUT2D eigenvalue weighted by molar-refractivity contribution is 6.09. The van der Waals surface area contributed by atoms with E-state index in [9.17, 15) is 4.79 Å². The Morgan fingerprint density at radius 1 is 1.20 bits per heavy atom. The summed E-state index contributed by atoms with van der Waals surface area (Å²) in [6, 6.07) is 16.0. The summed E-state index contributed by atoms with van der Waals surface area (Å²) in [6.07, 6.45) is 0. The fraction of sp³-hybridized carbons (Fsp3) is 0.333. The van der Waals surface area contributed by atoms with Crippen LogP contribution in [-0.4, -0.2) is 25.4 Å². The molecule has 2 aromatic rings. The Morgan fingerprint density at radius 2 is 2.00 bits per heavy atom. The zero-order chi connectivity index (χ0) is 17.6. The number of hydrogen-bond acceptors (Lipinski definition) is 4. The lowest BCUT2D eigenvalue weighted by Crippen LogP contribution is -2.22. The number of nitrogens with zero attached hydrogens (tertiary/aromatic N) is 1. The van der Waals surface area contributed by atoms with E-state index in [0.717, 1.165) is 28.3 Å². The van der Waals surface area contributed by atoms with Crippen LogP contribution in [0.3, 0.4) is 0 Å². The number of benzene rings is 2. The molecule has 1 aliphatic carbocycles. The fourth-order valence-electron chi connectivity index (χ4n) is 4.41. The molecule has 1 spiro atoms. The molecule has 1 aliphatic heterocycles. The van der Waals surface area contributed by atoms with Crippen molar-refractivity contribution in [1.29, 1.82) is 0 Å². The molecule has 4 heteroatoms. The second-order valence-electron chi connectivity index (χ2n) is 6.57. The first-order valence-corrected chi connectivity index (χ1v) is 8.60. The summed E-state index contributed by atoms with van der Waals surface area (Å²) < 4.78 is 10.8. The minimum atomic E-state index is -0.394. The number of hydrogen-bond donors (Lipinski definition) is 0. The van der Waals surface area contributed by atoms with Crippen molar-refractivity contribution in [2.75, 3.05) is 13.7 Å². The normalized spacial score (nSPS) is 26.1. The predicted molar refractivity (Wildman–Crippen MR) is 96.7 cm³/mol. The summed E-state index contributed by atoms with van der Waals surface area (Å²) >= 11 is 0. The van der Waals surface area contributed by atoms with Gasteiger partial charge in [-0.1, -0.05) is 30.3 Å². The van der Waals surface area contributed by atoms with Crippen LogP contribution >= 0.6 is 0 Å². The number of aliphatic imine (C=N–C) groups is 1. The van der Waals surface area contributed by atoms with Gasteiger partial charge in [0.2, 0.25) is 0 Å². The lowest BCUT2D eigenvalue weighted by atomic mass is 9.87. The van der Waals surface area contributed by atoms with Gasteiger partial charge in [-0.05, 0) is 43.2 Å². The third-order valence-electron chi connectivity index (χ3n) is 5.44. The van der Waals surface area contributed by atoms with Crippen molar-refractivity contribution in [1.82, 2.24) is 0 Å². The minimum Gasteiger partial charge on any atom is -0.497 e. The van der Waals surface area contributed by atoms with Crippen LogP contribution in [0.2, 0.25) is 0 Å². The number of ether oxygens (including phenoxy) is 2. The first-order chi connectivity index (χ1) is 12.1. The fourth-order valence-corrected chi connectivity index (χ4v) is 4.41. The lowest BCUT2D eigenvalue weighted by Gasteiger charge is -2.14. The van der Waals surface area contributed by atoms with Gasteiger partial charge in [0.15, 0.2) is 0 Å². The highest BCUT2D eigenvalue weighted by Crippen LogP contribution is 2.70. The summed E-state index contributed by atoms with van der Waals surface area (Å²) in [5, 5.41) is 0. The minimum absolute atomic E-state index is 0.0223. The second-order valence-corrected chi connectivity index (χ2v) is 6.57. The molecule has 3 atom stereocenters. The van der Waals surface area contributed by atoms with E-state index in [1.54, 1.807) is 7.11 Å². The standard InChI is InChI=1S/C21H21NO3/c1-4-25-20(23)19-18(14-8-7-9-15(12-14)24-3)21(19)13(2)22-17-11-6-5-10-16(17)21/h5-12,18-19H,4H2,1-3H3. The van der Waals surface area contributed by atoms with Crippen molar-refractivity contribution in [3.05, 3.63) is 59.7 Å². The molecule has 4 rings (SSSR count). The Hall–Kier alpha value is -2.62. The largest absolute Gasteiger partial charge is 0.497 e. The van der Waals surface area contributed by atoms with E-state index >= 15 is 0 Å². The van der Waals surface area contributed by atoms with Crippen LogP contribution in [0.25, 0.3) is 0 Å². The Labute approximate surface area is 147 Å². The Kier molecular flexibility index (Phi) is 3.64. The highest BCUT2D eigenvalue weighted by Gasteiger charge is 2.73. The number of fused-ring (bicyclic) bond motifs is 2. The van der Waals surface area contributed by atoms with Crippen LogP contribution in [0.1, 0.15) is 30.9 Å². The van der Waals surface area contributed by atoms with Crippen molar-refractivity contribution < 1.29 is 14.3 Å². The van der Waals surface area contributed by atoms with Gasteiger partial charge in [-0.15, -0.1) is 0 Å². The molecule has 1 saturated carbocycles. The van der Waals surface area contributed by atoms with Crippen LogP contribution in [-0.2, 0) is 14.9 Å². The first-order valence-electron chi connectivity index (χ1n) is 8.60. The summed E-state index contributed by atoms with van der Waals surface area (Å²) in [6.45, 7) is 4.25. The molecular formula is C21H21NO3. The molecule has 1 fully saturated rings. The van der Waals surface area contributed by atoms with Crippen LogP contribution in [0, 0.1) is 5.92 Å². The number of para-hydroxylation sites is 1. The topological polar surface area (TPSA) is 47.9 Å². The van der Waals surface area contributed by atoms with Crippen LogP contribution in [0.15, 0.2) is 53.5 Å². The number of esters is 1. The predicted octanol–water partition coefficient (Wildman–Crippen LogP) is 4.02. The molecule has 0 aromatic heterocycles. The van der Waals surface area contributed by atoms with Crippen LogP contribution in [0.5, 0.6) is 5.75 Å². The van der Waals surface area contributed by atoms with E-state index in [1.807, 2.05) is 50.2 Å². The average molecular weight is 335 g/mol.